The van der Waals surface area contributed by atoms with Gasteiger partial charge in [0.2, 0.25) is 0 Å². The monoisotopic (exact) mass is 291 g/mol. The standard InChI is InChI=1S/3HO2P.Ru/c3*1-3-2;/h3*(H,1,2);/q;;;+3/p-3. The number of hydrogen-bond donors (Lipinski definition) is 0. The third kappa shape index (κ3) is 831. The van der Waals surface area contributed by atoms with E-state index in [-0.39, 0.29) is 19.5 Å². The predicted octanol–water partition coefficient (Wildman–Crippen LogP) is -1.34. The smallest absolute Gasteiger partial charge is 0.772 e. The fourth-order valence-corrected chi connectivity index (χ4v) is 0. The van der Waals surface area contributed by atoms with Crippen molar-refractivity contribution in [3.8, 4) is 0 Å². The maximum Gasteiger partial charge on any atom is 3.00 e. The van der Waals surface area contributed by atoms with Crippen LogP contribution in [0.15, 0.2) is 0 Å². The van der Waals surface area contributed by atoms with E-state index in [1.165, 1.54) is 0 Å². The first-order chi connectivity index (χ1) is 4.24. The molecule has 1 radical (unpaired) electrons. The van der Waals surface area contributed by atoms with Crippen molar-refractivity contribution in [1.82, 2.24) is 0 Å². The zero-order chi connectivity index (χ0) is 8.12. The van der Waals surface area contributed by atoms with Crippen LogP contribution in [-0.4, -0.2) is 0 Å². The van der Waals surface area contributed by atoms with Crippen molar-refractivity contribution >= 4 is 26.1 Å². The van der Waals surface area contributed by atoms with Crippen molar-refractivity contribution in [3.63, 3.8) is 0 Å². The molecule has 10 heavy (non-hydrogen) atoms. The summed E-state index contributed by atoms with van der Waals surface area (Å²) in [7, 11) is -3.25. The van der Waals surface area contributed by atoms with Crippen LogP contribution in [0.5, 0.6) is 0 Å². The quantitative estimate of drug-likeness (QED) is 0.402. The molecule has 0 heterocycles. The minimum atomic E-state index is -1.08. The zero-order valence-electron chi connectivity index (χ0n) is 4.14. The molecule has 0 aromatic heterocycles. The molecule has 0 aromatic carbocycles. The predicted molar refractivity (Wildman–Crippen MR) is 22.8 cm³/mol. The van der Waals surface area contributed by atoms with E-state index in [1.807, 2.05) is 0 Å². The third-order valence-electron chi connectivity index (χ3n) is 0. The maximum atomic E-state index is 8.35. The van der Waals surface area contributed by atoms with Gasteiger partial charge in [-0.3, -0.25) is 13.7 Å². The van der Waals surface area contributed by atoms with Crippen molar-refractivity contribution < 1.29 is 47.9 Å². The second-order valence-electron chi connectivity index (χ2n) is 0.224. The van der Waals surface area contributed by atoms with Crippen LogP contribution in [0.25, 0.3) is 0 Å². The molecule has 0 aliphatic rings. The number of hydrogen-bond acceptors (Lipinski definition) is 6. The fourth-order valence-electron chi connectivity index (χ4n) is 0. The molecule has 0 bridgehead atoms. The molecule has 6 nitrogen and oxygen atoms in total. The molecule has 0 spiro atoms. The van der Waals surface area contributed by atoms with Crippen LogP contribution in [0.3, 0.4) is 0 Å². The van der Waals surface area contributed by atoms with Crippen LogP contribution in [0.1, 0.15) is 0 Å². The molecule has 0 saturated carbocycles. The van der Waals surface area contributed by atoms with E-state index < -0.39 is 26.1 Å². The normalized spacial score (nSPS) is 6.30. The Balaban J connectivity index is -0.0000000257. The Kier molecular flexibility index (Phi) is 118. The molecule has 0 unspecified atom stereocenters. The van der Waals surface area contributed by atoms with Gasteiger partial charge < -0.3 is 14.7 Å². The van der Waals surface area contributed by atoms with E-state index in [0.29, 0.717) is 0 Å². The first-order valence-electron chi connectivity index (χ1n) is 1.10. The summed E-state index contributed by atoms with van der Waals surface area (Å²) in [6.07, 6.45) is 0. The van der Waals surface area contributed by atoms with Gasteiger partial charge in [0, 0.05) is 0 Å². The van der Waals surface area contributed by atoms with Crippen LogP contribution in [0.2, 0.25) is 0 Å². The van der Waals surface area contributed by atoms with E-state index >= 15 is 0 Å². The molecule has 0 atom stereocenters. The first-order valence-corrected chi connectivity index (χ1v) is 3.29. The minimum Gasteiger partial charge on any atom is -0.772 e. The second kappa shape index (κ2) is 52.5. The average molecular weight is 290 g/mol. The summed E-state index contributed by atoms with van der Waals surface area (Å²) < 4.78 is 25.0. The molecule has 0 rings (SSSR count). The molecular formula is O6P3Ru. The van der Waals surface area contributed by atoms with Crippen molar-refractivity contribution in [2.75, 3.05) is 0 Å². The summed E-state index contributed by atoms with van der Waals surface area (Å²) in [4.78, 5) is 25.0. The first kappa shape index (κ1) is 22.4. The summed E-state index contributed by atoms with van der Waals surface area (Å²) in [6, 6.07) is 0. The Morgan fingerprint density at radius 3 is 0.700 bits per heavy atom. The van der Waals surface area contributed by atoms with Gasteiger partial charge in [-0.15, -0.1) is 0 Å². The molecule has 0 fully saturated rings. The summed E-state index contributed by atoms with van der Waals surface area (Å²) in [5.41, 5.74) is 0. The fraction of sp³-hybridized carbons (Fsp3) is 0. The summed E-state index contributed by atoms with van der Waals surface area (Å²) in [5, 5.41) is 0. The van der Waals surface area contributed by atoms with Crippen LogP contribution >= 0.6 is 26.1 Å². The summed E-state index contributed by atoms with van der Waals surface area (Å²) >= 11 is 0. The van der Waals surface area contributed by atoms with Crippen molar-refractivity contribution in [1.29, 1.82) is 0 Å². The maximum absolute atomic E-state index is 8.35. The summed E-state index contributed by atoms with van der Waals surface area (Å²) in [6.45, 7) is 0. The van der Waals surface area contributed by atoms with Gasteiger partial charge in [-0.1, -0.05) is 0 Å². The van der Waals surface area contributed by atoms with Crippen LogP contribution in [0.4, 0.5) is 0 Å². The van der Waals surface area contributed by atoms with Gasteiger partial charge in [0.15, 0.2) is 0 Å². The van der Waals surface area contributed by atoms with Gasteiger partial charge in [0.05, 0.1) is 26.1 Å². The molecule has 0 aromatic rings. The van der Waals surface area contributed by atoms with Crippen molar-refractivity contribution in [2.24, 2.45) is 0 Å². The minimum absolute atomic E-state index is 0. The van der Waals surface area contributed by atoms with Crippen LogP contribution in [-0.2, 0) is 33.2 Å². The van der Waals surface area contributed by atoms with Gasteiger partial charge in [0.1, 0.15) is 0 Å². The zero-order valence-corrected chi connectivity index (χ0v) is 8.57. The van der Waals surface area contributed by atoms with Crippen molar-refractivity contribution in [3.05, 3.63) is 0 Å². The Hall–Kier alpha value is 0.803. The van der Waals surface area contributed by atoms with Crippen molar-refractivity contribution in [2.45, 2.75) is 0 Å². The van der Waals surface area contributed by atoms with E-state index in [0.717, 1.165) is 0 Å². The molecule has 0 amide bonds. The Morgan fingerprint density at radius 2 is 0.700 bits per heavy atom. The Labute approximate surface area is 74.3 Å². The third-order valence-corrected chi connectivity index (χ3v) is 0. The average Bonchev–Trinajstić information content (AvgIpc) is 1.70. The SMILES string of the molecule is O=P[O-].O=P[O-].O=P[O-].[Ru+3]. The van der Waals surface area contributed by atoms with E-state index in [9.17, 15) is 0 Å². The van der Waals surface area contributed by atoms with Gasteiger partial charge in [-0.2, -0.15) is 0 Å². The largest absolute Gasteiger partial charge is 3.00 e. The Morgan fingerprint density at radius 1 is 0.700 bits per heavy atom. The topological polar surface area (TPSA) is 120 Å². The number of rotatable bonds is 0. The van der Waals surface area contributed by atoms with Crippen LogP contribution < -0.4 is 14.7 Å². The van der Waals surface area contributed by atoms with E-state index in [1.54, 1.807) is 0 Å². The molecule has 0 saturated heterocycles. The van der Waals surface area contributed by atoms with E-state index in [4.69, 9.17) is 28.4 Å². The van der Waals surface area contributed by atoms with Gasteiger partial charge >= 0.3 is 19.5 Å². The molecular weight excluding hydrogens is 290 g/mol. The molecule has 59 valence electrons. The van der Waals surface area contributed by atoms with Gasteiger partial charge in [-0.05, 0) is 0 Å². The van der Waals surface area contributed by atoms with Crippen LogP contribution in [0, 0.1) is 0 Å². The Bertz CT molecular complexity index is 49.7. The second-order valence-corrected chi connectivity index (χ2v) is 0.671. The van der Waals surface area contributed by atoms with E-state index in [2.05, 4.69) is 0 Å². The molecule has 0 aliphatic heterocycles. The molecule has 10 heteroatoms. The molecule has 0 N–H and O–H groups in total. The summed E-state index contributed by atoms with van der Waals surface area (Å²) in [5.74, 6) is 0. The molecule has 0 aliphatic carbocycles. The van der Waals surface area contributed by atoms with Gasteiger partial charge in [-0.25, -0.2) is 0 Å². The van der Waals surface area contributed by atoms with Gasteiger partial charge in [0.25, 0.3) is 0 Å².